The number of aromatic nitrogens is 2. The first-order chi connectivity index (χ1) is 10.2. The van der Waals surface area contributed by atoms with Gasteiger partial charge in [0.1, 0.15) is 5.01 Å². The van der Waals surface area contributed by atoms with Crippen LogP contribution in [-0.2, 0) is 6.42 Å². The second kappa shape index (κ2) is 5.92. The van der Waals surface area contributed by atoms with Gasteiger partial charge in [-0.15, -0.1) is 11.3 Å². The second-order valence-electron chi connectivity index (χ2n) is 4.73. The van der Waals surface area contributed by atoms with E-state index in [1.54, 1.807) is 18.2 Å². The van der Waals surface area contributed by atoms with Crippen LogP contribution in [0.25, 0.3) is 20.8 Å². The number of hydrogen-bond acceptors (Lipinski definition) is 4. The number of nitrogens with zero attached hydrogens (tertiary/aromatic N) is 2. The van der Waals surface area contributed by atoms with E-state index in [9.17, 15) is 4.79 Å². The molecular weight excluding hydrogens is 304 g/mol. The zero-order valence-electron chi connectivity index (χ0n) is 11.5. The maximum Gasteiger partial charge on any atom is 0.279 e. The third-order valence-electron chi connectivity index (χ3n) is 3.12. The van der Waals surface area contributed by atoms with Crippen molar-refractivity contribution in [3.05, 3.63) is 57.5 Å². The van der Waals surface area contributed by atoms with E-state index in [4.69, 9.17) is 11.6 Å². The van der Waals surface area contributed by atoms with Gasteiger partial charge in [0.05, 0.1) is 11.1 Å². The number of aryl methyl sites for hydroxylation is 1. The predicted octanol–water partition coefficient (Wildman–Crippen LogP) is 4.32. The summed E-state index contributed by atoms with van der Waals surface area (Å²) >= 11 is 7.44. The minimum Gasteiger partial charge on any atom is -0.267 e. The van der Waals surface area contributed by atoms with Gasteiger partial charge >= 0.3 is 0 Å². The SMILES string of the molecule is CCCc1cccc(-c2nc(=O)c3ccc(Cl)cc3s2)n1. The van der Waals surface area contributed by atoms with E-state index in [0.717, 1.165) is 28.9 Å². The van der Waals surface area contributed by atoms with Gasteiger partial charge in [0.2, 0.25) is 0 Å². The molecule has 3 nitrogen and oxygen atoms in total. The van der Waals surface area contributed by atoms with Gasteiger partial charge in [-0.2, -0.15) is 4.98 Å². The van der Waals surface area contributed by atoms with Crippen LogP contribution in [0.5, 0.6) is 0 Å². The van der Waals surface area contributed by atoms with Crippen LogP contribution in [0.4, 0.5) is 0 Å². The quantitative estimate of drug-likeness (QED) is 0.722. The Hall–Kier alpha value is -1.78. The van der Waals surface area contributed by atoms with Crippen LogP contribution in [0.3, 0.4) is 0 Å². The number of fused-ring (bicyclic) bond motifs is 1. The zero-order chi connectivity index (χ0) is 14.8. The fourth-order valence-corrected chi connectivity index (χ4v) is 3.38. The molecule has 0 saturated carbocycles. The van der Waals surface area contributed by atoms with Gasteiger partial charge in [-0.05, 0) is 36.8 Å². The van der Waals surface area contributed by atoms with Gasteiger partial charge in [0.15, 0.2) is 0 Å². The summed E-state index contributed by atoms with van der Waals surface area (Å²) in [7, 11) is 0. The standard InChI is InChI=1S/C16H13ClN2OS/c1-2-4-11-5-3-6-13(18-11)16-19-15(20)12-8-7-10(17)9-14(12)21-16/h3,5-9H,2,4H2,1H3. The number of hydrogen-bond donors (Lipinski definition) is 0. The third-order valence-corrected chi connectivity index (χ3v) is 4.40. The van der Waals surface area contributed by atoms with Crippen LogP contribution in [-0.4, -0.2) is 9.97 Å². The van der Waals surface area contributed by atoms with E-state index in [2.05, 4.69) is 16.9 Å². The predicted molar refractivity (Wildman–Crippen MR) is 88.1 cm³/mol. The highest BCUT2D eigenvalue weighted by molar-refractivity contribution is 7.21. The first-order valence-electron chi connectivity index (χ1n) is 6.74. The van der Waals surface area contributed by atoms with Crippen LogP contribution >= 0.6 is 22.9 Å². The van der Waals surface area contributed by atoms with E-state index < -0.39 is 0 Å². The second-order valence-corrected chi connectivity index (χ2v) is 6.20. The maximum atomic E-state index is 12.1. The van der Waals surface area contributed by atoms with E-state index in [1.165, 1.54) is 11.3 Å². The lowest BCUT2D eigenvalue weighted by Gasteiger charge is -2.04. The van der Waals surface area contributed by atoms with Gasteiger partial charge in [-0.3, -0.25) is 9.78 Å². The van der Waals surface area contributed by atoms with Gasteiger partial charge in [-0.1, -0.05) is 31.0 Å². The molecular formula is C16H13ClN2OS. The van der Waals surface area contributed by atoms with Crippen molar-refractivity contribution in [2.24, 2.45) is 0 Å². The lowest BCUT2D eigenvalue weighted by atomic mass is 10.2. The fraction of sp³-hybridized carbons (Fsp3) is 0.188. The molecule has 0 amide bonds. The first kappa shape index (κ1) is 14.2. The molecule has 0 bridgehead atoms. The molecule has 0 aliphatic rings. The lowest BCUT2D eigenvalue weighted by molar-refractivity contribution is 0.884. The Morgan fingerprint density at radius 3 is 2.86 bits per heavy atom. The van der Waals surface area contributed by atoms with Crippen LogP contribution in [0, 0.1) is 0 Å². The molecule has 0 spiro atoms. The monoisotopic (exact) mass is 316 g/mol. The van der Waals surface area contributed by atoms with E-state index in [0.29, 0.717) is 15.4 Å². The van der Waals surface area contributed by atoms with Gasteiger partial charge in [0, 0.05) is 15.4 Å². The highest BCUT2D eigenvalue weighted by atomic mass is 35.5. The molecule has 3 aromatic rings. The Balaban J connectivity index is 2.16. The molecule has 0 N–H and O–H groups in total. The van der Waals surface area contributed by atoms with E-state index in [-0.39, 0.29) is 5.56 Å². The average molecular weight is 317 g/mol. The summed E-state index contributed by atoms with van der Waals surface area (Å²) in [6.07, 6.45) is 1.95. The van der Waals surface area contributed by atoms with Crippen LogP contribution in [0.15, 0.2) is 41.2 Å². The van der Waals surface area contributed by atoms with Gasteiger partial charge in [0.25, 0.3) is 5.56 Å². The van der Waals surface area contributed by atoms with Gasteiger partial charge in [-0.25, -0.2) is 0 Å². The summed E-state index contributed by atoms with van der Waals surface area (Å²) in [5.74, 6) is 0. The Bertz CT molecular complexity index is 860. The minimum absolute atomic E-state index is 0.238. The molecule has 0 saturated heterocycles. The maximum absolute atomic E-state index is 12.1. The average Bonchev–Trinajstić information content (AvgIpc) is 2.47. The summed E-state index contributed by atoms with van der Waals surface area (Å²) in [6, 6.07) is 11.0. The molecule has 0 aliphatic carbocycles. The smallest absolute Gasteiger partial charge is 0.267 e. The molecule has 0 fully saturated rings. The molecule has 1 aromatic carbocycles. The Morgan fingerprint density at radius 2 is 2.05 bits per heavy atom. The lowest BCUT2D eigenvalue weighted by Crippen LogP contribution is -2.06. The molecule has 21 heavy (non-hydrogen) atoms. The zero-order valence-corrected chi connectivity index (χ0v) is 13.0. The van der Waals surface area contributed by atoms with Crippen LogP contribution < -0.4 is 5.56 Å². The summed E-state index contributed by atoms with van der Waals surface area (Å²) in [6.45, 7) is 2.11. The topological polar surface area (TPSA) is 42.9 Å². The number of pyridine rings is 1. The van der Waals surface area contributed by atoms with Crippen molar-refractivity contribution in [1.82, 2.24) is 9.97 Å². The highest BCUT2D eigenvalue weighted by Crippen LogP contribution is 2.26. The molecule has 5 heteroatoms. The van der Waals surface area contributed by atoms with E-state index >= 15 is 0 Å². The van der Waals surface area contributed by atoms with Crippen molar-refractivity contribution in [3.63, 3.8) is 0 Å². The molecule has 0 radical (unpaired) electrons. The Morgan fingerprint density at radius 1 is 1.19 bits per heavy atom. The molecule has 0 atom stereocenters. The molecule has 0 aliphatic heterocycles. The molecule has 0 unspecified atom stereocenters. The normalized spacial score (nSPS) is 11.0. The van der Waals surface area contributed by atoms with Crippen molar-refractivity contribution in [3.8, 4) is 10.7 Å². The number of halogens is 1. The highest BCUT2D eigenvalue weighted by Gasteiger charge is 2.09. The van der Waals surface area contributed by atoms with Crippen molar-refractivity contribution in [1.29, 1.82) is 0 Å². The van der Waals surface area contributed by atoms with Gasteiger partial charge < -0.3 is 0 Å². The molecule has 2 aromatic heterocycles. The van der Waals surface area contributed by atoms with Crippen molar-refractivity contribution >= 4 is 33.0 Å². The van der Waals surface area contributed by atoms with E-state index in [1.807, 2.05) is 18.2 Å². The minimum atomic E-state index is -0.238. The molecule has 3 rings (SSSR count). The summed E-state index contributed by atoms with van der Waals surface area (Å²) in [4.78, 5) is 20.9. The van der Waals surface area contributed by atoms with Crippen molar-refractivity contribution in [2.45, 2.75) is 19.8 Å². The summed E-state index contributed by atoms with van der Waals surface area (Å²) in [5.41, 5.74) is 1.52. The Labute approximate surface area is 131 Å². The number of rotatable bonds is 3. The summed E-state index contributed by atoms with van der Waals surface area (Å²) in [5, 5.41) is 1.84. The fourth-order valence-electron chi connectivity index (χ4n) is 2.14. The largest absolute Gasteiger partial charge is 0.279 e. The van der Waals surface area contributed by atoms with Crippen LogP contribution in [0.2, 0.25) is 5.02 Å². The summed E-state index contributed by atoms with van der Waals surface area (Å²) < 4.78 is 0.834. The Kier molecular flexibility index (Phi) is 3.99. The third kappa shape index (κ3) is 2.96. The number of benzene rings is 1. The molecule has 106 valence electrons. The first-order valence-corrected chi connectivity index (χ1v) is 7.93. The van der Waals surface area contributed by atoms with Crippen molar-refractivity contribution < 1.29 is 0 Å². The van der Waals surface area contributed by atoms with Crippen molar-refractivity contribution in [2.75, 3.05) is 0 Å². The molecule has 2 heterocycles. The van der Waals surface area contributed by atoms with Crippen LogP contribution in [0.1, 0.15) is 19.0 Å².